The van der Waals surface area contributed by atoms with Crippen LogP contribution in [0.5, 0.6) is 17.4 Å². The van der Waals surface area contributed by atoms with Gasteiger partial charge in [-0.05, 0) is 37.6 Å². The molecule has 1 atom stereocenters. The summed E-state index contributed by atoms with van der Waals surface area (Å²) < 4.78 is 12.1. The number of phenolic OH excluding ortho intramolecular Hbond substituents is 1. The van der Waals surface area contributed by atoms with E-state index in [9.17, 15) is 9.90 Å². The molecular weight excluding hydrogens is 374 g/mol. The third-order valence-corrected chi connectivity index (χ3v) is 4.84. The number of nitrogens with one attached hydrogen (secondary N) is 1. The topological polar surface area (TPSA) is 111 Å². The van der Waals surface area contributed by atoms with Crippen LogP contribution in [0.3, 0.4) is 0 Å². The van der Waals surface area contributed by atoms with Gasteiger partial charge in [0.05, 0.1) is 19.4 Å². The fourth-order valence-corrected chi connectivity index (χ4v) is 3.55. The largest absolute Gasteiger partial charge is 0.504 e. The summed E-state index contributed by atoms with van der Waals surface area (Å²) >= 11 is 0. The van der Waals surface area contributed by atoms with Crippen LogP contribution in [-0.4, -0.2) is 44.7 Å². The minimum atomic E-state index is -0.224. The van der Waals surface area contributed by atoms with Crippen LogP contribution >= 0.6 is 0 Å². The monoisotopic (exact) mass is 395 g/mol. The number of carbonyl (C=O) groups excluding carboxylic acids is 1. The number of hydrogen-bond donors (Lipinski definition) is 2. The molecular formula is C20H21N5O4. The van der Waals surface area contributed by atoms with Crippen LogP contribution in [0.25, 0.3) is 5.82 Å². The number of nitrogens with zero attached hydrogens (tertiary/aromatic N) is 4. The maximum absolute atomic E-state index is 12.5. The van der Waals surface area contributed by atoms with Gasteiger partial charge in [0.1, 0.15) is 5.82 Å². The van der Waals surface area contributed by atoms with Crippen molar-refractivity contribution in [3.05, 3.63) is 47.2 Å². The van der Waals surface area contributed by atoms with Gasteiger partial charge in [0.2, 0.25) is 11.8 Å². The minimum Gasteiger partial charge on any atom is -0.504 e. The number of fused-ring (bicyclic) bond motifs is 1. The summed E-state index contributed by atoms with van der Waals surface area (Å²) in [6, 6.07) is 8.57. The molecule has 2 N–H and O–H groups in total. The highest BCUT2D eigenvalue weighted by Gasteiger charge is 2.33. The van der Waals surface area contributed by atoms with E-state index >= 15 is 0 Å². The number of ether oxygens (including phenoxy) is 2. The first kappa shape index (κ1) is 18.7. The zero-order chi connectivity index (χ0) is 20.5. The summed E-state index contributed by atoms with van der Waals surface area (Å²) in [5.41, 5.74) is 2.54. The standard InChI is InChI=1S/C20H21N5O4/c1-4-29-15-9-12(5-6-14(15)26)13-10-17(27)21-20-19(13)11(2)24-25(20)16-7-8-18(28-3)23-22-16/h5-9,13,26H,4,10H2,1-3H3,(H,21,27)/t13-/m0/s1. The van der Waals surface area contributed by atoms with E-state index in [0.717, 1.165) is 16.8 Å². The van der Waals surface area contributed by atoms with Crippen molar-refractivity contribution in [2.24, 2.45) is 0 Å². The zero-order valence-electron chi connectivity index (χ0n) is 16.3. The number of aromatic nitrogens is 4. The molecule has 0 unspecified atom stereocenters. The first-order valence-corrected chi connectivity index (χ1v) is 9.25. The van der Waals surface area contributed by atoms with Crippen LogP contribution in [0.15, 0.2) is 30.3 Å². The van der Waals surface area contributed by atoms with Gasteiger partial charge in [-0.2, -0.15) is 9.78 Å². The van der Waals surface area contributed by atoms with E-state index in [1.165, 1.54) is 7.11 Å². The van der Waals surface area contributed by atoms with Crippen molar-refractivity contribution in [3.8, 4) is 23.2 Å². The molecule has 0 radical (unpaired) electrons. The molecule has 2 aromatic heterocycles. The van der Waals surface area contributed by atoms with Crippen molar-refractivity contribution in [3.63, 3.8) is 0 Å². The number of anilines is 1. The number of rotatable bonds is 5. The normalized spacial score (nSPS) is 15.6. The first-order valence-electron chi connectivity index (χ1n) is 9.25. The molecule has 1 aromatic carbocycles. The lowest BCUT2D eigenvalue weighted by Crippen LogP contribution is -2.25. The Morgan fingerprint density at radius 1 is 1.28 bits per heavy atom. The second-order valence-electron chi connectivity index (χ2n) is 6.66. The van der Waals surface area contributed by atoms with Crippen LogP contribution in [0.2, 0.25) is 0 Å². The Morgan fingerprint density at radius 2 is 2.10 bits per heavy atom. The van der Waals surface area contributed by atoms with E-state index in [4.69, 9.17) is 9.47 Å². The van der Waals surface area contributed by atoms with Crippen LogP contribution in [0.4, 0.5) is 5.82 Å². The summed E-state index contributed by atoms with van der Waals surface area (Å²) in [6.07, 6.45) is 0.268. The molecule has 0 saturated heterocycles. The molecule has 29 heavy (non-hydrogen) atoms. The lowest BCUT2D eigenvalue weighted by molar-refractivity contribution is -0.116. The van der Waals surface area contributed by atoms with Crippen LogP contribution in [0, 0.1) is 6.92 Å². The predicted octanol–water partition coefficient (Wildman–Crippen LogP) is 2.56. The van der Waals surface area contributed by atoms with E-state index in [2.05, 4.69) is 20.6 Å². The molecule has 0 aliphatic carbocycles. The Kier molecular flexibility index (Phi) is 4.79. The maximum atomic E-state index is 12.5. The van der Waals surface area contributed by atoms with Gasteiger partial charge in [-0.15, -0.1) is 10.2 Å². The van der Waals surface area contributed by atoms with E-state index in [0.29, 0.717) is 29.9 Å². The van der Waals surface area contributed by atoms with Crippen molar-refractivity contribution in [1.82, 2.24) is 20.0 Å². The van der Waals surface area contributed by atoms with Crippen molar-refractivity contribution >= 4 is 11.7 Å². The third-order valence-electron chi connectivity index (χ3n) is 4.84. The number of amides is 1. The Morgan fingerprint density at radius 3 is 2.79 bits per heavy atom. The molecule has 0 spiro atoms. The third kappa shape index (κ3) is 3.35. The molecule has 0 fully saturated rings. The highest BCUT2D eigenvalue weighted by Crippen LogP contribution is 2.42. The molecule has 150 valence electrons. The fourth-order valence-electron chi connectivity index (χ4n) is 3.55. The van der Waals surface area contributed by atoms with E-state index in [-0.39, 0.29) is 24.0 Å². The number of phenols is 1. The first-order chi connectivity index (χ1) is 14.0. The van der Waals surface area contributed by atoms with E-state index in [1.54, 1.807) is 35.0 Å². The molecule has 1 aliphatic heterocycles. The quantitative estimate of drug-likeness (QED) is 0.683. The average molecular weight is 395 g/mol. The van der Waals surface area contributed by atoms with Gasteiger partial charge >= 0.3 is 0 Å². The van der Waals surface area contributed by atoms with Gasteiger partial charge in [-0.25, -0.2) is 0 Å². The van der Waals surface area contributed by atoms with Crippen LogP contribution in [-0.2, 0) is 4.79 Å². The predicted molar refractivity (Wildman–Crippen MR) is 105 cm³/mol. The van der Waals surface area contributed by atoms with Gasteiger partial charge in [-0.3, -0.25) is 4.79 Å². The second-order valence-corrected chi connectivity index (χ2v) is 6.66. The van der Waals surface area contributed by atoms with Crippen molar-refractivity contribution in [2.75, 3.05) is 19.0 Å². The Bertz CT molecular complexity index is 1060. The van der Waals surface area contributed by atoms with Gasteiger partial charge in [0, 0.05) is 24.0 Å². The fraction of sp³-hybridized carbons (Fsp3) is 0.300. The van der Waals surface area contributed by atoms with Crippen molar-refractivity contribution in [1.29, 1.82) is 0 Å². The molecule has 4 rings (SSSR count). The summed E-state index contributed by atoms with van der Waals surface area (Å²) in [5, 5.41) is 25.6. The second kappa shape index (κ2) is 7.42. The minimum absolute atomic E-state index is 0.0667. The Balaban J connectivity index is 1.81. The lowest BCUT2D eigenvalue weighted by atomic mass is 9.85. The van der Waals surface area contributed by atoms with Crippen LogP contribution < -0.4 is 14.8 Å². The number of hydrogen-bond acceptors (Lipinski definition) is 7. The van der Waals surface area contributed by atoms with Gasteiger partial charge in [-0.1, -0.05) is 6.07 Å². The number of carbonyl (C=O) groups is 1. The number of methoxy groups -OCH3 is 1. The van der Waals surface area contributed by atoms with E-state index in [1.807, 2.05) is 13.8 Å². The molecule has 0 bridgehead atoms. The van der Waals surface area contributed by atoms with Crippen molar-refractivity contribution < 1.29 is 19.4 Å². The van der Waals surface area contributed by atoms with E-state index < -0.39 is 0 Å². The molecule has 9 heteroatoms. The van der Waals surface area contributed by atoms with Crippen LogP contribution in [0.1, 0.15) is 36.1 Å². The number of aryl methyl sites for hydroxylation is 1. The van der Waals surface area contributed by atoms with Gasteiger partial charge < -0.3 is 19.9 Å². The lowest BCUT2D eigenvalue weighted by Gasteiger charge is -2.24. The zero-order valence-corrected chi connectivity index (χ0v) is 16.3. The van der Waals surface area contributed by atoms with Crippen molar-refractivity contribution in [2.45, 2.75) is 26.2 Å². The summed E-state index contributed by atoms with van der Waals surface area (Å²) in [5.74, 6) is 1.53. The number of benzene rings is 1. The number of aromatic hydroxyl groups is 1. The molecule has 1 amide bonds. The molecule has 1 aliphatic rings. The summed E-state index contributed by atoms with van der Waals surface area (Å²) in [6.45, 7) is 4.17. The van der Waals surface area contributed by atoms with Gasteiger partial charge in [0.15, 0.2) is 17.3 Å². The Hall–Kier alpha value is -3.62. The average Bonchev–Trinajstić information content (AvgIpc) is 3.05. The molecule has 3 aromatic rings. The molecule has 9 nitrogen and oxygen atoms in total. The summed E-state index contributed by atoms with van der Waals surface area (Å²) in [7, 11) is 1.52. The highest BCUT2D eigenvalue weighted by atomic mass is 16.5. The Labute approximate surface area is 167 Å². The smallest absolute Gasteiger partial charge is 0.233 e. The summed E-state index contributed by atoms with van der Waals surface area (Å²) in [4.78, 5) is 12.5. The molecule has 3 heterocycles. The SMILES string of the molecule is CCOc1cc([C@@H]2CC(=O)Nc3c2c(C)nn3-c2ccc(OC)nn2)ccc1O. The molecule has 0 saturated carbocycles. The van der Waals surface area contributed by atoms with Gasteiger partial charge in [0.25, 0.3) is 0 Å². The maximum Gasteiger partial charge on any atom is 0.233 e. The highest BCUT2D eigenvalue weighted by molar-refractivity contribution is 5.95.